The molecule has 0 saturated carbocycles. The Morgan fingerprint density at radius 1 is 1.18 bits per heavy atom. The van der Waals surface area contributed by atoms with Crippen molar-refractivity contribution in [2.24, 2.45) is 0 Å². The first-order valence-electron chi connectivity index (χ1n) is 6.37. The van der Waals surface area contributed by atoms with Gasteiger partial charge in [0.15, 0.2) is 11.5 Å². The van der Waals surface area contributed by atoms with Crippen LogP contribution >= 0.6 is 0 Å². The van der Waals surface area contributed by atoms with Gasteiger partial charge in [-0.05, 0) is 37.1 Å². The molecular formula is C14H21NO2. The molecular weight excluding hydrogens is 214 g/mol. The van der Waals surface area contributed by atoms with E-state index in [0.717, 1.165) is 30.9 Å². The molecule has 1 aliphatic rings. The summed E-state index contributed by atoms with van der Waals surface area (Å²) in [7, 11) is 0. The lowest BCUT2D eigenvalue weighted by molar-refractivity contribution is 0.171. The molecule has 1 aromatic rings. The molecule has 0 spiro atoms. The summed E-state index contributed by atoms with van der Waals surface area (Å²) in [5.41, 5.74) is 1.32. The molecule has 1 heterocycles. The number of fused-ring (bicyclic) bond motifs is 1. The molecule has 0 atom stereocenters. The Hall–Kier alpha value is -1.22. The van der Waals surface area contributed by atoms with E-state index in [1.54, 1.807) is 0 Å². The smallest absolute Gasteiger partial charge is 0.161 e. The van der Waals surface area contributed by atoms with Crippen LogP contribution in [0.15, 0.2) is 18.2 Å². The third-order valence-corrected chi connectivity index (χ3v) is 2.80. The molecule has 0 aromatic heterocycles. The van der Waals surface area contributed by atoms with Crippen LogP contribution < -0.4 is 14.8 Å². The Bertz CT molecular complexity index is 363. The van der Waals surface area contributed by atoms with Crippen LogP contribution in [0.1, 0.15) is 25.8 Å². The van der Waals surface area contributed by atoms with Crippen LogP contribution in [-0.2, 0) is 6.42 Å². The van der Waals surface area contributed by atoms with E-state index in [9.17, 15) is 0 Å². The number of aryl methyl sites for hydroxylation is 1. The summed E-state index contributed by atoms with van der Waals surface area (Å²) in [5.74, 6) is 1.77. The molecule has 0 saturated heterocycles. The van der Waals surface area contributed by atoms with Crippen molar-refractivity contribution in [1.82, 2.24) is 5.32 Å². The fraction of sp³-hybridized carbons (Fsp3) is 0.571. The number of ether oxygens (including phenoxy) is 2. The SMILES string of the molecule is CC(C)NCCCc1ccc2c(c1)OCCO2. The second kappa shape index (κ2) is 5.92. The van der Waals surface area contributed by atoms with Crippen LogP contribution in [0.25, 0.3) is 0 Å². The van der Waals surface area contributed by atoms with Crippen molar-refractivity contribution in [3.8, 4) is 11.5 Å². The van der Waals surface area contributed by atoms with Gasteiger partial charge < -0.3 is 14.8 Å². The first-order chi connectivity index (χ1) is 8.25. The maximum Gasteiger partial charge on any atom is 0.161 e. The van der Waals surface area contributed by atoms with Crippen molar-refractivity contribution in [2.75, 3.05) is 19.8 Å². The molecule has 3 heteroatoms. The third kappa shape index (κ3) is 3.63. The maximum atomic E-state index is 5.57. The fourth-order valence-electron chi connectivity index (χ4n) is 1.93. The molecule has 1 aliphatic heterocycles. The Balaban J connectivity index is 1.85. The van der Waals surface area contributed by atoms with E-state index in [-0.39, 0.29) is 0 Å². The van der Waals surface area contributed by atoms with Crippen molar-refractivity contribution < 1.29 is 9.47 Å². The molecule has 17 heavy (non-hydrogen) atoms. The monoisotopic (exact) mass is 235 g/mol. The van der Waals surface area contributed by atoms with Gasteiger partial charge in [0, 0.05) is 6.04 Å². The number of rotatable bonds is 5. The van der Waals surface area contributed by atoms with Gasteiger partial charge in [0.1, 0.15) is 13.2 Å². The van der Waals surface area contributed by atoms with Gasteiger partial charge in [0.05, 0.1) is 0 Å². The standard InChI is InChI=1S/C14H21NO2/c1-11(2)15-7-3-4-12-5-6-13-14(10-12)17-9-8-16-13/h5-6,10-11,15H,3-4,7-9H2,1-2H3. The lowest BCUT2D eigenvalue weighted by atomic mass is 10.1. The van der Waals surface area contributed by atoms with Gasteiger partial charge in [0.25, 0.3) is 0 Å². The van der Waals surface area contributed by atoms with Crippen molar-refractivity contribution in [2.45, 2.75) is 32.7 Å². The van der Waals surface area contributed by atoms with Gasteiger partial charge >= 0.3 is 0 Å². The van der Waals surface area contributed by atoms with Crippen LogP contribution in [0.5, 0.6) is 11.5 Å². The molecule has 0 radical (unpaired) electrons. The zero-order chi connectivity index (χ0) is 12.1. The van der Waals surface area contributed by atoms with E-state index in [1.165, 1.54) is 5.56 Å². The zero-order valence-corrected chi connectivity index (χ0v) is 10.7. The van der Waals surface area contributed by atoms with E-state index < -0.39 is 0 Å². The van der Waals surface area contributed by atoms with Crippen LogP contribution in [0, 0.1) is 0 Å². The van der Waals surface area contributed by atoms with Crippen molar-refractivity contribution >= 4 is 0 Å². The fourth-order valence-corrected chi connectivity index (χ4v) is 1.93. The van der Waals surface area contributed by atoms with E-state index in [1.807, 2.05) is 6.07 Å². The lowest BCUT2D eigenvalue weighted by Crippen LogP contribution is -2.23. The minimum atomic E-state index is 0.565. The molecule has 1 aromatic carbocycles. The molecule has 0 unspecified atom stereocenters. The predicted molar refractivity (Wildman–Crippen MR) is 68.9 cm³/mol. The van der Waals surface area contributed by atoms with Gasteiger partial charge in [-0.1, -0.05) is 19.9 Å². The highest BCUT2D eigenvalue weighted by Crippen LogP contribution is 2.30. The van der Waals surface area contributed by atoms with Crippen molar-refractivity contribution in [3.05, 3.63) is 23.8 Å². The highest BCUT2D eigenvalue weighted by atomic mass is 16.6. The second-order valence-electron chi connectivity index (χ2n) is 4.69. The molecule has 94 valence electrons. The minimum Gasteiger partial charge on any atom is -0.486 e. The van der Waals surface area contributed by atoms with Crippen LogP contribution in [-0.4, -0.2) is 25.8 Å². The first kappa shape index (κ1) is 12.2. The van der Waals surface area contributed by atoms with E-state index in [4.69, 9.17) is 9.47 Å². The number of nitrogens with one attached hydrogen (secondary N) is 1. The highest BCUT2D eigenvalue weighted by molar-refractivity contribution is 5.43. The van der Waals surface area contributed by atoms with Gasteiger partial charge in [-0.15, -0.1) is 0 Å². The Morgan fingerprint density at radius 2 is 1.94 bits per heavy atom. The van der Waals surface area contributed by atoms with Crippen LogP contribution in [0.3, 0.4) is 0 Å². The topological polar surface area (TPSA) is 30.5 Å². The molecule has 2 rings (SSSR count). The average molecular weight is 235 g/mol. The molecule has 0 aliphatic carbocycles. The predicted octanol–water partition coefficient (Wildman–Crippen LogP) is 2.39. The van der Waals surface area contributed by atoms with Crippen molar-refractivity contribution in [3.63, 3.8) is 0 Å². The maximum absolute atomic E-state index is 5.57. The molecule has 0 amide bonds. The van der Waals surface area contributed by atoms with E-state index >= 15 is 0 Å². The van der Waals surface area contributed by atoms with Crippen LogP contribution in [0.2, 0.25) is 0 Å². The summed E-state index contributed by atoms with van der Waals surface area (Å²) in [5, 5.41) is 3.42. The number of hydrogen-bond acceptors (Lipinski definition) is 3. The number of hydrogen-bond donors (Lipinski definition) is 1. The van der Waals surface area contributed by atoms with E-state index in [2.05, 4.69) is 31.3 Å². The minimum absolute atomic E-state index is 0.565. The summed E-state index contributed by atoms with van der Waals surface area (Å²) in [6.45, 7) is 6.72. The van der Waals surface area contributed by atoms with E-state index in [0.29, 0.717) is 19.3 Å². The van der Waals surface area contributed by atoms with Gasteiger partial charge in [-0.3, -0.25) is 0 Å². The highest BCUT2D eigenvalue weighted by Gasteiger charge is 2.11. The second-order valence-corrected chi connectivity index (χ2v) is 4.69. The molecule has 1 N–H and O–H groups in total. The Kier molecular flexibility index (Phi) is 4.26. The first-order valence-corrected chi connectivity index (χ1v) is 6.37. The zero-order valence-electron chi connectivity index (χ0n) is 10.7. The average Bonchev–Trinajstić information content (AvgIpc) is 2.34. The summed E-state index contributed by atoms with van der Waals surface area (Å²) in [6.07, 6.45) is 2.23. The molecule has 3 nitrogen and oxygen atoms in total. The van der Waals surface area contributed by atoms with Crippen LogP contribution in [0.4, 0.5) is 0 Å². The van der Waals surface area contributed by atoms with Gasteiger partial charge in [0.2, 0.25) is 0 Å². The number of benzene rings is 1. The van der Waals surface area contributed by atoms with Gasteiger partial charge in [-0.2, -0.15) is 0 Å². The Labute approximate surface area is 103 Å². The quantitative estimate of drug-likeness (QED) is 0.795. The third-order valence-electron chi connectivity index (χ3n) is 2.80. The lowest BCUT2D eigenvalue weighted by Gasteiger charge is -2.18. The summed E-state index contributed by atoms with van der Waals surface area (Å²) < 4.78 is 11.1. The summed E-state index contributed by atoms with van der Waals surface area (Å²) in [4.78, 5) is 0. The van der Waals surface area contributed by atoms with Gasteiger partial charge in [-0.25, -0.2) is 0 Å². The normalized spacial score (nSPS) is 14.1. The summed E-state index contributed by atoms with van der Waals surface area (Å²) in [6, 6.07) is 6.81. The molecule has 0 bridgehead atoms. The Morgan fingerprint density at radius 3 is 2.71 bits per heavy atom. The molecule has 0 fully saturated rings. The largest absolute Gasteiger partial charge is 0.486 e. The summed E-state index contributed by atoms with van der Waals surface area (Å²) >= 11 is 0. The van der Waals surface area contributed by atoms with Crippen molar-refractivity contribution in [1.29, 1.82) is 0 Å².